The largest absolute Gasteiger partial charge is 0.493 e. The third kappa shape index (κ3) is 3.95. The maximum absolute atomic E-state index is 5.41. The van der Waals surface area contributed by atoms with E-state index in [2.05, 4.69) is 29.4 Å². The first-order valence-corrected chi connectivity index (χ1v) is 7.11. The molecule has 0 saturated heterocycles. The fourth-order valence-electron chi connectivity index (χ4n) is 2.27. The summed E-state index contributed by atoms with van der Waals surface area (Å²) in [6.45, 7) is 3.84. The minimum absolute atomic E-state index is 0.761. The van der Waals surface area contributed by atoms with Gasteiger partial charge in [-0.25, -0.2) is 0 Å². The van der Waals surface area contributed by atoms with E-state index in [0.717, 1.165) is 31.0 Å². The highest BCUT2D eigenvalue weighted by atomic mass is 16.5. The van der Waals surface area contributed by atoms with Gasteiger partial charge in [-0.1, -0.05) is 13.0 Å². The van der Waals surface area contributed by atoms with Crippen molar-refractivity contribution in [1.29, 1.82) is 0 Å². The van der Waals surface area contributed by atoms with E-state index in [1.54, 1.807) is 20.4 Å². The van der Waals surface area contributed by atoms with E-state index in [1.807, 2.05) is 18.3 Å². The first kappa shape index (κ1) is 15.3. The van der Waals surface area contributed by atoms with Crippen molar-refractivity contribution >= 4 is 0 Å². The molecule has 0 bridgehead atoms. The Hall–Kier alpha value is -2.07. The Morgan fingerprint density at radius 3 is 2.38 bits per heavy atom. The maximum Gasteiger partial charge on any atom is 0.161 e. The minimum Gasteiger partial charge on any atom is -0.493 e. The quantitative estimate of drug-likeness (QED) is 0.850. The number of nitrogens with zero attached hydrogens (tertiary/aromatic N) is 1. The number of rotatable bonds is 7. The summed E-state index contributed by atoms with van der Waals surface area (Å²) in [5.41, 5.74) is 3.63. The first-order valence-electron chi connectivity index (χ1n) is 7.11. The number of pyridine rings is 1. The lowest BCUT2D eigenvalue weighted by molar-refractivity contribution is 0.354. The van der Waals surface area contributed by atoms with Gasteiger partial charge >= 0.3 is 0 Å². The number of nitrogens with one attached hydrogen (secondary N) is 1. The van der Waals surface area contributed by atoms with Crippen molar-refractivity contribution in [3.05, 3.63) is 53.3 Å². The van der Waals surface area contributed by atoms with E-state index in [1.165, 1.54) is 16.7 Å². The average molecular weight is 286 g/mol. The third-order valence-corrected chi connectivity index (χ3v) is 3.39. The smallest absolute Gasteiger partial charge is 0.161 e. The molecule has 0 fully saturated rings. The van der Waals surface area contributed by atoms with Crippen LogP contribution in [0.25, 0.3) is 0 Å². The van der Waals surface area contributed by atoms with Gasteiger partial charge in [0, 0.05) is 18.9 Å². The van der Waals surface area contributed by atoms with E-state index in [9.17, 15) is 0 Å². The van der Waals surface area contributed by atoms with E-state index < -0.39 is 0 Å². The number of aromatic nitrogens is 1. The van der Waals surface area contributed by atoms with Crippen molar-refractivity contribution in [2.24, 2.45) is 0 Å². The fraction of sp³-hybridized carbons (Fsp3) is 0.353. The van der Waals surface area contributed by atoms with Crippen LogP contribution in [-0.2, 0) is 13.0 Å². The number of benzene rings is 1. The molecule has 0 unspecified atom stereocenters. The number of ether oxygens (including phenoxy) is 2. The van der Waals surface area contributed by atoms with Crippen LogP contribution in [-0.4, -0.2) is 25.7 Å². The van der Waals surface area contributed by atoms with Crippen molar-refractivity contribution in [1.82, 2.24) is 10.3 Å². The van der Waals surface area contributed by atoms with Crippen molar-refractivity contribution in [3.8, 4) is 11.5 Å². The molecule has 0 aliphatic carbocycles. The standard InChI is InChI=1S/C17H22N2O2/c1-4-18-12-15-10-17(21-3)16(20-2)9-14(15)8-13-6-5-7-19-11-13/h5-7,9-11,18H,4,8,12H2,1-3H3. The summed E-state index contributed by atoms with van der Waals surface area (Å²) in [6.07, 6.45) is 4.51. The molecule has 2 aromatic rings. The maximum atomic E-state index is 5.41. The predicted octanol–water partition coefficient (Wildman–Crippen LogP) is 2.80. The van der Waals surface area contributed by atoms with E-state index in [-0.39, 0.29) is 0 Å². The number of hydrogen-bond donors (Lipinski definition) is 1. The topological polar surface area (TPSA) is 43.4 Å². The number of methoxy groups -OCH3 is 2. The zero-order valence-corrected chi connectivity index (χ0v) is 12.8. The van der Waals surface area contributed by atoms with Gasteiger partial charge in [-0.2, -0.15) is 0 Å². The van der Waals surface area contributed by atoms with Crippen LogP contribution in [0.3, 0.4) is 0 Å². The van der Waals surface area contributed by atoms with Crippen LogP contribution < -0.4 is 14.8 Å². The summed E-state index contributed by atoms with van der Waals surface area (Å²) in [5.74, 6) is 1.52. The SMILES string of the molecule is CCNCc1cc(OC)c(OC)cc1Cc1cccnc1. The molecule has 112 valence electrons. The second kappa shape index (κ2) is 7.64. The van der Waals surface area contributed by atoms with E-state index >= 15 is 0 Å². The molecule has 2 rings (SSSR count). The summed E-state index contributed by atoms with van der Waals surface area (Å²) in [6, 6.07) is 8.15. The van der Waals surface area contributed by atoms with Gasteiger partial charge in [0.15, 0.2) is 11.5 Å². The van der Waals surface area contributed by atoms with E-state index in [4.69, 9.17) is 9.47 Å². The summed E-state index contributed by atoms with van der Waals surface area (Å²) < 4.78 is 10.8. The highest BCUT2D eigenvalue weighted by molar-refractivity contribution is 5.48. The molecule has 0 aliphatic heterocycles. The molecule has 0 aliphatic rings. The minimum atomic E-state index is 0.761. The monoisotopic (exact) mass is 286 g/mol. The molecule has 0 amide bonds. The molecule has 1 heterocycles. The molecular formula is C17H22N2O2. The van der Waals surface area contributed by atoms with Crippen LogP contribution in [0.4, 0.5) is 0 Å². The normalized spacial score (nSPS) is 10.4. The molecule has 0 atom stereocenters. The van der Waals surface area contributed by atoms with Gasteiger partial charge < -0.3 is 14.8 Å². The van der Waals surface area contributed by atoms with Crippen LogP contribution in [0.5, 0.6) is 11.5 Å². The van der Waals surface area contributed by atoms with Crippen LogP contribution in [0, 0.1) is 0 Å². The molecule has 0 radical (unpaired) electrons. The second-order valence-electron chi connectivity index (χ2n) is 4.79. The van der Waals surface area contributed by atoms with Crippen molar-refractivity contribution in [2.75, 3.05) is 20.8 Å². The first-order chi connectivity index (χ1) is 10.3. The summed E-state index contributed by atoms with van der Waals surface area (Å²) in [5, 5.41) is 3.37. The molecule has 1 aromatic heterocycles. The van der Waals surface area contributed by atoms with Gasteiger partial charge in [-0.15, -0.1) is 0 Å². The summed E-state index contributed by atoms with van der Waals surface area (Å²) in [7, 11) is 3.32. The Morgan fingerprint density at radius 2 is 1.81 bits per heavy atom. The Balaban J connectivity index is 2.35. The lowest BCUT2D eigenvalue weighted by atomic mass is 9.99. The van der Waals surface area contributed by atoms with Gasteiger partial charge in [0.2, 0.25) is 0 Å². The van der Waals surface area contributed by atoms with Crippen molar-refractivity contribution in [2.45, 2.75) is 19.9 Å². The molecule has 0 spiro atoms. The molecule has 1 N–H and O–H groups in total. The Labute approximate surface area is 126 Å². The lowest BCUT2D eigenvalue weighted by Crippen LogP contribution is -2.14. The van der Waals surface area contributed by atoms with Crippen LogP contribution in [0.2, 0.25) is 0 Å². The van der Waals surface area contributed by atoms with E-state index in [0.29, 0.717) is 0 Å². The summed E-state index contributed by atoms with van der Waals surface area (Å²) >= 11 is 0. The van der Waals surface area contributed by atoms with Gasteiger partial charge in [-0.3, -0.25) is 4.98 Å². The molecular weight excluding hydrogens is 264 g/mol. The summed E-state index contributed by atoms with van der Waals surface area (Å²) in [4.78, 5) is 4.18. The zero-order valence-electron chi connectivity index (χ0n) is 12.8. The molecule has 0 saturated carbocycles. The Kier molecular flexibility index (Phi) is 5.58. The lowest BCUT2D eigenvalue weighted by Gasteiger charge is -2.15. The Bertz CT molecular complexity index is 571. The highest BCUT2D eigenvalue weighted by Gasteiger charge is 2.11. The third-order valence-electron chi connectivity index (χ3n) is 3.39. The van der Waals surface area contributed by atoms with Crippen LogP contribution >= 0.6 is 0 Å². The molecule has 4 nitrogen and oxygen atoms in total. The average Bonchev–Trinajstić information content (AvgIpc) is 2.54. The Morgan fingerprint density at radius 1 is 1.10 bits per heavy atom. The van der Waals surface area contributed by atoms with Gasteiger partial charge in [0.1, 0.15) is 0 Å². The highest BCUT2D eigenvalue weighted by Crippen LogP contribution is 2.31. The van der Waals surface area contributed by atoms with Gasteiger partial charge in [0.25, 0.3) is 0 Å². The van der Waals surface area contributed by atoms with Crippen LogP contribution in [0.1, 0.15) is 23.6 Å². The van der Waals surface area contributed by atoms with Crippen molar-refractivity contribution in [3.63, 3.8) is 0 Å². The molecule has 1 aromatic carbocycles. The number of hydrogen-bond acceptors (Lipinski definition) is 4. The van der Waals surface area contributed by atoms with Crippen molar-refractivity contribution < 1.29 is 9.47 Å². The van der Waals surface area contributed by atoms with Gasteiger partial charge in [-0.05, 0) is 47.9 Å². The molecule has 4 heteroatoms. The predicted molar refractivity (Wildman–Crippen MR) is 84.0 cm³/mol. The van der Waals surface area contributed by atoms with Crippen LogP contribution in [0.15, 0.2) is 36.7 Å². The second-order valence-corrected chi connectivity index (χ2v) is 4.79. The fourth-order valence-corrected chi connectivity index (χ4v) is 2.27. The molecule has 21 heavy (non-hydrogen) atoms. The van der Waals surface area contributed by atoms with Gasteiger partial charge in [0.05, 0.1) is 14.2 Å². The zero-order chi connectivity index (χ0) is 15.1.